The van der Waals surface area contributed by atoms with Gasteiger partial charge in [-0.3, -0.25) is 0 Å². The molecule has 1 fully saturated rings. The van der Waals surface area contributed by atoms with Crippen molar-refractivity contribution >= 4 is 21.6 Å². The van der Waals surface area contributed by atoms with Gasteiger partial charge in [0.1, 0.15) is 11.9 Å². The first-order valence-corrected chi connectivity index (χ1v) is 7.06. The van der Waals surface area contributed by atoms with Crippen LogP contribution < -0.4 is 10.1 Å². The Morgan fingerprint density at radius 2 is 2.24 bits per heavy atom. The lowest BCUT2D eigenvalue weighted by atomic mass is 9.73. The first kappa shape index (κ1) is 11.4. The molecule has 1 saturated carbocycles. The zero-order valence-electron chi connectivity index (χ0n) is 10.3. The lowest BCUT2D eigenvalue weighted by Crippen LogP contribution is -2.47. The molecular formula is C14H18BrNO. The standard InChI is InChI=1S/C14H18BrNO/c1-14(2)6-5-13-11(8-14)16-10-7-9(15)3-4-12(10)17-13/h3-4,7,11,13,16H,5-6,8H2,1-2H3. The number of halogens is 1. The molecule has 0 radical (unpaired) electrons. The van der Waals surface area contributed by atoms with E-state index in [1.165, 1.54) is 12.8 Å². The minimum atomic E-state index is 0.344. The average molecular weight is 296 g/mol. The first-order chi connectivity index (χ1) is 8.03. The summed E-state index contributed by atoms with van der Waals surface area (Å²) < 4.78 is 7.20. The van der Waals surface area contributed by atoms with Gasteiger partial charge in [0, 0.05) is 4.47 Å². The van der Waals surface area contributed by atoms with Crippen LogP contribution in [0.1, 0.15) is 33.1 Å². The SMILES string of the molecule is CC1(C)CCC2Oc3ccc(Br)cc3NC2C1. The highest BCUT2D eigenvalue weighted by molar-refractivity contribution is 9.10. The summed E-state index contributed by atoms with van der Waals surface area (Å²) in [6, 6.07) is 6.64. The van der Waals surface area contributed by atoms with Crippen molar-refractivity contribution in [2.45, 2.75) is 45.3 Å². The summed E-state index contributed by atoms with van der Waals surface area (Å²) >= 11 is 3.51. The summed E-state index contributed by atoms with van der Waals surface area (Å²) in [7, 11) is 0. The summed E-state index contributed by atoms with van der Waals surface area (Å²) in [4.78, 5) is 0. The number of hydrogen-bond donors (Lipinski definition) is 1. The highest BCUT2D eigenvalue weighted by Crippen LogP contribution is 2.43. The second kappa shape index (κ2) is 3.91. The molecule has 0 saturated heterocycles. The third-order valence-corrected chi connectivity index (χ3v) is 4.38. The Bertz CT molecular complexity index is 444. The van der Waals surface area contributed by atoms with Crippen LogP contribution in [0.2, 0.25) is 0 Å². The Kier molecular flexibility index (Phi) is 2.62. The van der Waals surface area contributed by atoms with Gasteiger partial charge in [0.2, 0.25) is 0 Å². The Balaban J connectivity index is 1.88. The predicted octanol–water partition coefficient (Wildman–Crippen LogP) is 4.20. The highest BCUT2D eigenvalue weighted by Gasteiger charge is 2.38. The second-order valence-electron chi connectivity index (χ2n) is 5.95. The number of nitrogens with one attached hydrogen (secondary N) is 1. The fourth-order valence-corrected chi connectivity index (χ4v) is 3.29. The largest absolute Gasteiger partial charge is 0.486 e. The molecular weight excluding hydrogens is 278 g/mol. The van der Waals surface area contributed by atoms with Gasteiger partial charge in [-0.1, -0.05) is 29.8 Å². The maximum absolute atomic E-state index is 6.10. The normalized spacial score (nSPS) is 29.6. The molecule has 2 atom stereocenters. The maximum atomic E-state index is 6.10. The van der Waals surface area contributed by atoms with Crippen LogP contribution in [0.4, 0.5) is 5.69 Å². The van der Waals surface area contributed by atoms with Crippen LogP contribution >= 0.6 is 15.9 Å². The van der Waals surface area contributed by atoms with Crippen molar-refractivity contribution in [3.05, 3.63) is 22.7 Å². The summed E-state index contributed by atoms with van der Waals surface area (Å²) in [5.41, 5.74) is 1.56. The fourth-order valence-electron chi connectivity index (χ4n) is 2.93. The number of rotatable bonds is 0. The molecule has 2 unspecified atom stereocenters. The minimum Gasteiger partial charge on any atom is -0.486 e. The molecule has 1 heterocycles. The van der Waals surface area contributed by atoms with E-state index in [-0.39, 0.29) is 0 Å². The third kappa shape index (κ3) is 2.17. The quantitative estimate of drug-likeness (QED) is 0.774. The van der Waals surface area contributed by atoms with Crippen molar-refractivity contribution in [3.8, 4) is 5.75 Å². The Hall–Kier alpha value is -0.700. The van der Waals surface area contributed by atoms with Crippen molar-refractivity contribution in [2.75, 3.05) is 5.32 Å². The maximum Gasteiger partial charge on any atom is 0.143 e. The number of anilines is 1. The van der Waals surface area contributed by atoms with Gasteiger partial charge in [-0.05, 0) is 42.9 Å². The molecule has 92 valence electrons. The molecule has 1 aromatic rings. The summed E-state index contributed by atoms with van der Waals surface area (Å²) in [5.74, 6) is 0.995. The van der Waals surface area contributed by atoms with E-state index in [0.29, 0.717) is 17.6 Å². The van der Waals surface area contributed by atoms with Gasteiger partial charge >= 0.3 is 0 Å². The monoisotopic (exact) mass is 295 g/mol. The zero-order valence-corrected chi connectivity index (χ0v) is 11.9. The second-order valence-corrected chi connectivity index (χ2v) is 6.87. The molecule has 0 amide bonds. The number of hydrogen-bond acceptors (Lipinski definition) is 2. The van der Waals surface area contributed by atoms with E-state index in [1.54, 1.807) is 0 Å². The van der Waals surface area contributed by atoms with Crippen molar-refractivity contribution in [2.24, 2.45) is 5.41 Å². The molecule has 3 rings (SSSR count). The fraction of sp³-hybridized carbons (Fsp3) is 0.571. The molecule has 1 aliphatic carbocycles. The molecule has 1 aromatic carbocycles. The molecule has 2 nitrogen and oxygen atoms in total. The number of ether oxygens (including phenoxy) is 1. The van der Waals surface area contributed by atoms with Crippen LogP contribution in [0.5, 0.6) is 5.75 Å². The van der Waals surface area contributed by atoms with E-state index in [4.69, 9.17) is 4.74 Å². The first-order valence-electron chi connectivity index (χ1n) is 6.26. The van der Waals surface area contributed by atoms with Gasteiger partial charge in [0.05, 0.1) is 11.7 Å². The molecule has 2 aliphatic rings. The lowest BCUT2D eigenvalue weighted by Gasteiger charge is -2.44. The molecule has 1 N–H and O–H groups in total. The van der Waals surface area contributed by atoms with Crippen LogP contribution in [0, 0.1) is 5.41 Å². The van der Waals surface area contributed by atoms with E-state index < -0.39 is 0 Å². The molecule has 0 spiro atoms. The topological polar surface area (TPSA) is 21.3 Å². The highest BCUT2D eigenvalue weighted by atomic mass is 79.9. The summed E-state index contributed by atoms with van der Waals surface area (Å²) in [6.07, 6.45) is 3.93. The van der Waals surface area contributed by atoms with Crippen LogP contribution in [-0.4, -0.2) is 12.1 Å². The van der Waals surface area contributed by atoms with Crippen molar-refractivity contribution in [3.63, 3.8) is 0 Å². The average Bonchev–Trinajstić information content (AvgIpc) is 2.25. The molecule has 3 heteroatoms. The summed E-state index contributed by atoms with van der Waals surface area (Å²) in [6.45, 7) is 4.70. The van der Waals surface area contributed by atoms with Crippen LogP contribution in [-0.2, 0) is 0 Å². The van der Waals surface area contributed by atoms with Crippen LogP contribution in [0.25, 0.3) is 0 Å². The predicted molar refractivity (Wildman–Crippen MR) is 73.6 cm³/mol. The van der Waals surface area contributed by atoms with E-state index in [2.05, 4.69) is 41.2 Å². The van der Waals surface area contributed by atoms with Gasteiger partial charge in [0.15, 0.2) is 0 Å². The van der Waals surface area contributed by atoms with Gasteiger partial charge in [-0.25, -0.2) is 0 Å². The van der Waals surface area contributed by atoms with Gasteiger partial charge in [-0.15, -0.1) is 0 Å². The minimum absolute atomic E-state index is 0.344. The van der Waals surface area contributed by atoms with E-state index >= 15 is 0 Å². The van der Waals surface area contributed by atoms with Crippen molar-refractivity contribution < 1.29 is 4.74 Å². The Morgan fingerprint density at radius 3 is 3.06 bits per heavy atom. The lowest BCUT2D eigenvalue weighted by molar-refractivity contribution is 0.0777. The Labute approximate surface area is 111 Å². The zero-order chi connectivity index (χ0) is 12.0. The summed E-state index contributed by atoms with van der Waals surface area (Å²) in [5, 5.41) is 3.64. The van der Waals surface area contributed by atoms with E-state index in [1.807, 2.05) is 12.1 Å². The van der Waals surface area contributed by atoms with E-state index in [0.717, 1.165) is 22.3 Å². The Morgan fingerprint density at radius 1 is 1.41 bits per heavy atom. The molecule has 1 aliphatic heterocycles. The number of fused-ring (bicyclic) bond motifs is 2. The number of benzene rings is 1. The van der Waals surface area contributed by atoms with Crippen molar-refractivity contribution in [1.82, 2.24) is 0 Å². The van der Waals surface area contributed by atoms with E-state index in [9.17, 15) is 0 Å². The van der Waals surface area contributed by atoms with Gasteiger partial charge in [0.25, 0.3) is 0 Å². The van der Waals surface area contributed by atoms with Gasteiger partial charge < -0.3 is 10.1 Å². The van der Waals surface area contributed by atoms with Crippen LogP contribution in [0.15, 0.2) is 22.7 Å². The molecule has 17 heavy (non-hydrogen) atoms. The molecule has 0 bridgehead atoms. The third-order valence-electron chi connectivity index (χ3n) is 3.89. The van der Waals surface area contributed by atoms with Gasteiger partial charge in [-0.2, -0.15) is 0 Å². The van der Waals surface area contributed by atoms with Crippen LogP contribution in [0.3, 0.4) is 0 Å². The molecule has 0 aromatic heterocycles. The smallest absolute Gasteiger partial charge is 0.143 e. The van der Waals surface area contributed by atoms with Crippen molar-refractivity contribution in [1.29, 1.82) is 0 Å².